The molecule has 0 heterocycles. The first-order valence-electron chi connectivity index (χ1n) is 7.56. The fraction of sp³-hybridized carbons (Fsp3) is 0.438. The fourth-order valence-electron chi connectivity index (χ4n) is 2.66. The number of nitrogens with one attached hydrogen (secondary N) is 3. The minimum atomic E-state index is -4.48. The highest BCUT2D eigenvalue weighted by Crippen LogP contribution is 2.33. The minimum absolute atomic E-state index is 0.0169. The topological polar surface area (TPSA) is 53.2 Å². The van der Waals surface area contributed by atoms with E-state index in [-0.39, 0.29) is 17.3 Å². The Labute approximate surface area is 133 Å². The van der Waals surface area contributed by atoms with Crippen LogP contribution in [0.2, 0.25) is 0 Å². The van der Waals surface area contributed by atoms with Crippen molar-refractivity contribution in [3.63, 3.8) is 0 Å². The van der Waals surface area contributed by atoms with Gasteiger partial charge >= 0.3 is 12.2 Å². The first kappa shape index (κ1) is 17.2. The maximum Gasteiger partial charge on any atom is 0.417 e. The van der Waals surface area contributed by atoms with Gasteiger partial charge in [0.2, 0.25) is 0 Å². The lowest BCUT2D eigenvalue weighted by molar-refractivity contribution is -0.137. The van der Waals surface area contributed by atoms with Crippen LogP contribution in [0.25, 0.3) is 5.70 Å². The summed E-state index contributed by atoms with van der Waals surface area (Å²) in [7, 11) is 0. The quantitative estimate of drug-likeness (QED) is 0.737. The van der Waals surface area contributed by atoms with E-state index in [4.69, 9.17) is 0 Å². The number of alkyl halides is 3. The second-order valence-electron chi connectivity index (χ2n) is 5.58. The molecule has 1 fully saturated rings. The third-order valence-corrected chi connectivity index (χ3v) is 3.82. The molecule has 0 unspecified atom stereocenters. The monoisotopic (exact) mass is 327 g/mol. The minimum Gasteiger partial charge on any atom is -0.334 e. The van der Waals surface area contributed by atoms with Crippen molar-refractivity contribution in [2.45, 2.75) is 44.3 Å². The number of carbonyl (C=O) groups excluding carboxylic acids is 1. The van der Waals surface area contributed by atoms with E-state index in [1.165, 1.54) is 24.6 Å². The van der Waals surface area contributed by atoms with Crippen molar-refractivity contribution in [2.24, 2.45) is 0 Å². The third kappa shape index (κ3) is 4.91. The van der Waals surface area contributed by atoms with Crippen molar-refractivity contribution in [2.75, 3.05) is 0 Å². The van der Waals surface area contributed by atoms with Gasteiger partial charge in [0.25, 0.3) is 0 Å². The standard InChI is InChI=1S/C16H20F3N3O/c1-11(13-9-5-6-10-14(13)16(17,18)19)21-22-15(23)20-12-7-3-2-4-8-12/h5-6,9-10,12,21H,1-4,7-8H2,(H2,20,22,23). The molecule has 1 aliphatic rings. The second-order valence-corrected chi connectivity index (χ2v) is 5.58. The second kappa shape index (κ2) is 7.39. The van der Waals surface area contributed by atoms with Crippen LogP contribution in [0.4, 0.5) is 18.0 Å². The van der Waals surface area contributed by atoms with Crippen LogP contribution < -0.4 is 16.2 Å². The van der Waals surface area contributed by atoms with Crippen LogP contribution >= 0.6 is 0 Å². The summed E-state index contributed by atoms with van der Waals surface area (Å²) in [6, 6.07) is 4.72. The molecular formula is C16H20F3N3O. The number of halogens is 3. The molecule has 1 saturated carbocycles. The van der Waals surface area contributed by atoms with Gasteiger partial charge in [0, 0.05) is 11.6 Å². The normalized spacial score (nSPS) is 15.8. The SMILES string of the molecule is C=C(NNC(=O)NC1CCCCC1)c1ccccc1C(F)(F)F. The predicted molar refractivity (Wildman–Crippen MR) is 82.2 cm³/mol. The molecule has 1 aliphatic carbocycles. The summed E-state index contributed by atoms with van der Waals surface area (Å²) in [4.78, 5) is 11.8. The lowest BCUT2D eigenvalue weighted by atomic mass is 9.96. The smallest absolute Gasteiger partial charge is 0.334 e. The van der Waals surface area contributed by atoms with E-state index in [1.807, 2.05) is 0 Å². The Bertz CT molecular complexity index is 566. The van der Waals surface area contributed by atoms with Crippen LogP contribution in [0.1, 0.15) is 43.2 Å². The van der Waals surface area contributed by atoms with E-state index >= 15 is 0 Å². The van der Waals surface area contributed by atoms with Gasteiger partial charge in [0.1, 0.15) is 0 Å². The van der Waals surface area contributed by atoms with Gasteiger partial charge in [0.05, 0.1) is 11.3 Å². The molecule has 23 heavy (non-hydrogen) atoms. The number of hydrogen-bond donors (Lipinski definition) is 3. The van der Waals surface area contributed by atoms with Crippen LogP contribution in [0, 0.1) is 0 Å². The molecule has 0 spiro atoms. The van der Waals surface area contributed by atoms with Crippen LogP contribution in [-0.4, -0.2) is 12.1 Å². The van der Waals surface area contributed by atoms with E-state index < -0.39 is 17.8 Å². The number of amides is 2. The summed E-state index contributed by atoms with van der Waals surface area (Å²) >= 11 is 0. The molecule has 0 bridgehead atoms. The summed E-state index contributed by atoms with van der Waals surface area (Å²) in [5.41, 5.74) is 3.87. The van der Waals surface area contributed by atoms with Gasteiger partial charge in [-0.05, 0) is 18.9 Å². The Morgan fingerprint density at radius 1 is 1.09 bits per heavy atom. The van der Waals surface area contributed by atoms with Crippen molar-refractivity contribution < 1.29 is 18.0 Å². The van der Waals surface area contributed by atoms with Gasteiger partial charge < -0.3 is 5.32 Å². The molecule has 7 heteroatoms. The highest BCUT2D eigenvalue weighted by Gasteiger charge is 2.33. The molecule has 2 rings (SSSR count). The van der Waals surface area contributed by atoms with Gasteiger partial charge in [-0.1, -0.05) is 44.0 Å². The molecule has 0 radical (unpaired) electrons. The average molecular weight is 327 g/mol. The van der Waals surface area contributed by atoms with Crippen molar-refractivity contribution in [3.05, 3.63) is 42.0 Å². The van der Waals surface area contributed by atoms with Crippen LogP contribution in [0.15, 0.2) is 30.8 Å². The number of hydrogen-bond acceptors (Lipinski definition) is 2. The molecule has 2 amide bonds. The van der Waals surface area contributed by atoms with E-state index in [0.717, 1.165) is 31.7 Å². The molecule has 0 aromatic heterocycles. The summed E-state index contributed by atoms with van der Waals surface area (Å²) in [6.45, 7) is 3.56. The molecule has 0 aliphatic heterocycles. The first-order valence-corrected chi connectivity index (χ1v) is 7.56. The Morgan fingerprint density at radius 2 is 1.74 bits per heavy atom. The number of hydrazine groups is 1. The van der Waals surface area contributed by atoms with E-state index in [0.29, 0.717) is 0 Å². The van der Waals surface area contributed by atoms with E-state index in [1.54, 1.807) is 0 Å². The Hall–Kier alpha value is -2.18. The lowest BCUT2D eigenvalue weighted by Gasteiger charge is -2.23. The largest absolute Gasteiger partial charge is 0.417 e. The molecule has 0 saturated heterocycles. The summed E-state index contributed by atoms with van der Waals surface area (Å²) in [5.74, 6) is 0. The molecule has 1 aromatic carbocycles. The maximum absolute atomic E-state index is 12.9. The molecule has 4 nitrogen and oxygen atoms in total. The van der Waals surface area contributed by atoms with E-state index in [9.17, 15) is 18.0 Å². The number of benzene rings is 1. The third-order valence-electron chi connectivity index (χ3n) is 3.82. The Kier molecular flexibility index (Phi) is 5.52. The fourth-order valence-corrected chi connectivity index (χ4v) is 2.66. The zero-order valence-corrected chi connectivity index (χ0v) is 12.7. The predicted octanol–water partition coefficient (Wildman–Crippen LogP) is 3.81. The van der Waals surface area contributed by atoms with Gasteiger partial charge in [0.15, 0.2) is 0 Å². The van der Waals surface area contributed by atoms with Gasteiger partial charge in [-0.15, -0.1) is 0 Å². The number of rotatable bonds is 4. The molecule has 0 atom stereocenters. The Balaban J connectivity index is 1.91. The van der Waals surface area contributed by atoms with Crippen LogP contribution in [0.5, 0.6) is 0 Å². The summed E-state index contributed by atoms with van der Waals surface area (Å²) in [5, 5.41) is 2.79. The maximum atomic E-state index is 12.9. The van der Waals surface area contributed by atoms with Crippen molar-refractivity contribution in [1.82, 2.24) is 16.2 Å². The number of carbonyl (C=O) groups is 1. The van der Waals surface area contributed by atoms with Gasteiger partial charge in [-0.2, -0.15) is 13.2 Å². The van der Waals surface area contributed by atoms with Crippen LogP contribution in [0.3, 0.4) is 0 Å². The molecule has 3 N–H and O–H groups in total. The number of urea groups is 1. The summed E-state index contributed by atoms with van der Waals surface area (Å²) < 4.78 is 38.8. The van der Waals surface area contributed by atoms with Gasteiger partial charge in [-0.25, -0.2) is 4.79 Å². The molecular weight excluding hydrogens is 307 g/mol. The zero-order valence-electron chi connectivity index (χ0n) is 12.7. The highest BCUT2D eigenvalue weighted by molar-refractivity contribution is 5.76. The first-order chi connectivity index (χ1) is 10.9. The Morgan fingerprint density at radius 3 is 2.39 bits per heavy atom. The van der Waals surface area contributed by atoms with Gasteiger partial charge in [-0.3, -0.25) is 10.9 Å². The molecule has 126 valence electrons. The van der Waals surface area contributed by atoms with Crippen molar-refractivity contribution in [1.29, 1.82) is 0 Å². The lowest BCUT2D eigenvalue weighted by Crippen LogP contribution is -2.47. The molecule has 1 aromatic rings. The van der Waals surface area contributed by atoms with Crippen molar-refractivity contribution >= 4 is 11.7 Å². The summed E-state index contributed by atoms with van der Waals surface area (Å²) in [6.07, 6.45) is 0.680. The highest BCUT2D eigenvalue weighted by atomic mass is 19.4. The average Bonchev–Trinajstić information content (AvgIpc) is 2.53. The van der Waals surface area contributed by atoms with Crippen LogP contribution in [-0.2, 0) is 6.18 Å². The van der Waals surface area contributed by atoms with Crippen molar-refractivity contribution in [3.8, 4) is 0 Å². The van der Waals surface area contributed by atoms with E-state index in [2.05, 4.69) is 22.7 Å². The zero-order chi connectivity index (χ0) is 16.9.